The van der Waals surface area contributed by atoms with Crippen molar-refractivity contribution in [2.45, 2.75) is 6.92 Å². The van der Waals surface area contributed by atoms with Crippen LogP contribution >= 0.6 is 15.9 Å². The Bertz CT molecular complexity index is 689. The van der Waals surface area contributed by atoms with Gasteiger partial charge in [0.25, 0.3) is 0 Å². The highest BCUT2D eigenvalue weighted by Gasteiger charge is 2.17. The van der Waals surface area contributed by atoms with Gasteiger partial charge in [0.1, 0.15) is 11.4 Å². The molecular formula is C14H12BrFN2O2. The molecule has 0 aliphatic heterocycles. The highest BCUT2D eigenvalue weighted by molar-refractivity contribution is 9.10. The molecule has 4 N–H and O–H groups in total. The van der Waals surface area contributed by atoms with Crippen LogP contribution in [-0.2, 0) is 0 Å². The van der Waals surface area contributed by atoms with Gasteiger partial charge in [-0.05, 0) is 36.8 Å². The van der Waals surface area contributed by atoms with Gasteiger partial charge in [-0.15, -0.1) is 0 Å². The number of aryl methyl sites for hydroxylation is 1. The highest BCUT2D eigenvalue weighted by Crippen LogP contribution is 2.29. The fourth-order valence-electron chi connectivity index (χ4n) is 1.75. The first-order chi connectivity index (χ1) is 9.40. The summed E-state index contributed by atoms with van der Waals surface area (Å²) < 4.78 is 14.2. The molecule has 0 aliphatic carbocycles. The van der Waals surface area contributed by atoms with Crippen LogP contribution < -0.4 is 11.1 Å². The van der Waals surface area contributed by atoms with Crippen molar-refractivity contribution in [3.8, 4) is 0 Å². The lowest BCUT2D eigenvalue weighted by Gasteiger charge is -2.13. The lowest BCUT2D eigenvalue weighted by molar-refractivity contribution is 0.0698. The van der Waals surface area contributed by atoms with E-state index in [1.54, 1.807) is 12.1 Å². The lowest BCUT2D eigenvalue weighted by Crippen LogP contribution is -2.08. The number of hydrogen-bond acceptors (Lipinski definition) is 3. The summed E-state index contributed by atoms with van der Waals surface area (Å²) in [6.45, 7) is 1.94. The summed E-state index contributed by atoms with van der Waals surface area (Å²) in [5, 5.41) is 12.1. The van der Waals surface area contributed by atoms with E-state index in [0.29, 0.717) is 5.69 Å². The normalized spacial score (nSPS) is 10.3. The summed E-state index contributed by atoms with van der Waals surface area (Å²) in [6.07, 6.45) is 0. The Hall–Kier alpha value is -2.08. The van der Waals surface area contributed by atoms with Gasteiger partial charge in [0.05, 0.1) is 11.4 Å². The van der Waals surface area contributed by atoms with E-state index in [0.717, 1.165) is 16.1 Å². The minimum atomic E-state index is -1.28. The molecule has 4 nitrogen and oxygen atoms in total. The van der Waals surface area contributed by atoms with E-state index >= 15 is 0 Å². The molecule has 20 heavy (non-hydrogen) atoms. The largest absolute Gasteiger partial charge is 0.478 e. The van der Waals surface area contributed by atoms with E-state index < -0.39 is 11.8 Å². The highest BCUT2D eigenvalue weighted by atomic mass is 79.9. The van der Waals surface area contributed by atoms with Crippen molar-refractivity contribution in [2.24, 2.45) is 0 Å². The number of nitrogens with one attached hydrogen (secondary N) is 1. The molecule has 0 bridgehead atoms. The number of nitrogens with two attached hydrogens (primary N) is 1. The van der Waals surface area contributed by atoms with Crippen molar-refractivity contribution < 1.29 is 14.3 Å². The van der Waals surface area contributed by atoms with Crippen LogP contribution in [0.2, 0.25) is 0 Å². The van der Waals surface area contributed by atoms with Crippen molar-refractivity contribution in [2.75, 3.05) is 11.1 Å². The number of benzene rings is 2. The molecule has 6 heteroatoms. The van der Waals surface area contributed by atoms with Crippen LogP contribution in [-0.4, -0.2) is 11.1 Å². The zero-order valence-electron chi connectivity index (χ0n) is 10.6. The summed E-state index contributed by atoms with van der Waals surface area (Å²) in [5.74, 6) is -2.03. The van der Waals surface area contributed by atoms with Gasteiger partial charge in [-0.1, -0.05) is 22.0 Å². The van der Waals surface area contributed by atoms with Crippen LogP contribution in [0, 0.1) is 12.7 Å². The van der Waals surface area contributed by atoms with Crippen molar-refractivity contribution in [1.29, 1.82) is 0 Å². The first-order valence-corrected chi connectivity index (χ1v) is 6.54. The number of aromatic carboxylic acids is 1. The molecule has 0 spiro atoms. The summed E-state index contributed by atoms with van der Waals surface area (Å²) in [7, 11) is 0. The standard InChI is InChI=1S/C14H12BrFN2O2/c1-7-2-3-8(6-9(7)15)18-11-5-4-10(16)13(17)12(11)14(19)20/h2-6,18H,17H2,1H3,(H,19,20). The van der Waals surface area contributed by atoms with E-state index in [9.17, 15) is 9.18 Å². The SMILES string of the molecule is Cc1ccc(Nc2ccc(F)c(N)c2C(=O)O)cc1Br. The van der Waals surface area contributed by atoms with Crippen LogP contribution in [0.4, 0.5) is 21.5 Å². The van der Waals surface area contributed by atoms with E-state index in [-0.39, 0.29) is 16.9 Å². The molecule has 0 fully saturated rings. The van der Waals surface area contributed by atoms with E-state index in [1.165, 1.54) is 6.07 Å². The second-order valence-corrected chi connectivity index (χ2v) is 5.13. The van der Waals surface area contributed by atoms with Crippen LogP contribution in [0.25, 0.3) is 0 Å². The molecule has 2 aromatic rings. The third-order valence-electron chi connectivity index (χ3n) is 2.86. The van der Waals surface area contributed by atoms with Crippen molar-refractivity contribution in [1.82, 2.24) is 0 Å². The third-order valence-corrected chi connectivity index (χ3v) is 3.71. The summed E-state index contributed by atoms with van der Waals surface area (Å²) in [6, 6.07) is 7.96. The predicted octanol–water partition coefficient (Wildman–Crippen LogP) is 3.92. The quantitative estimate of drug-likeness (QED) is 0.741. The van der Waals surface area contributed by atoms with Crippen molar-refractivity contribution >= 4 is 39.0 Å². The average Bonchev–Trinajstić information content (AvgIpc) is 2.38. The maximum atomic E-state index is 13.4. The summed E-state index contributed by atoms with van der Waals surface area (Å²) in [5.41, 5.74) is 6.80. The molecule has 0 heterocycles. The predicted molar refractivity (Wildman–Crippen MR) is 79.9 cm³/mol. The maximum absolute atomic E-state index is 13.4. The molecule has 2 aromatic carbocycles. The van der Waals surface area contributed by atoms with Crippen LogP contribution in [0.15, 0.2) is 34.8 Å². The van der Waals surface area contributed by atoms with Gasteiger partial charge in [0.15, 0.2) is 0 Å². The molecule has 0 aliphatic rings. The Balaban J connectivity index is 2.45. The molecule has 2 rings (SSSR count). The number of carboxylic acid groups (broad SMARTS) is 1. The molecule has 0 atom stereocenters. The Labute approximate surface area is 123 Å². The van der Waals surface area contributed by atoms with Crippen LogP contribution in [0.1, 0.15) is 15.9 Å². The molecule has 0 unspecified atom stereocenters. The van der Waals surface area contributed by atoms with Gasteiger partial charge in [-0.2, -0.15) is 0 Å². The molecule has 0 aromatic heterocycles. The minimum absolute atomic E-state index is 0.243. The van der Waals surface area contributed by atoms with Crippen molar-refractivity contribution in [3.05, 3.63) is 51.7 Å². The number of rotatable bonds is 3. The molecule has 0 amide bonds. The smallest absolute Gasteiger partial charge is 0.340 e. The Morgan fingerprint density at radius 2 is 2.05 bits per heavy atom. The van der Waals surface area contributed by atoms with E-state index in [1.807, 2.05) is 13.0 Å². The number of carbonyl (C=O) groups is 1. The molecule has 0 radical (unpaired) electrons. The fourth-order valence-corrected chi connectivity index (χ4v) is 2.13. The summed E-state index contributed by atoms with van der Waals surface area (Å²) >= 11 is 3.39. The number of halogens is 2. The third kappa shape index (κ3) is 2.75. The average molecular weight is 339 g/mol. The fraction of sp³-hybridized carbons (Fsp3) is 0.0714. The van der Waals surface area contributed by atoms with Gasteiger partial charge in [-0.25, -0.2) is 9.18 Å². The number of carboxylic acids is 1. The summed E-state index contributed by atoms with van der Waals surface area (Å²) in [4.78, 5) is 11.2. The van der Waals surface area contributed by atoms with Crippen molar-refractivity contribution in [3.63, 3.8) is 0 Å². The Kier molecular flexibility index (Phi) is 3.94. The minimum Gasteiger partial charge on any atom is -0.478 e. The van der Waals surface area contributed by atoms with Gasteiger partial charge in [0, 0.05) is 10.2 Å². The zero-order chi connectivity index (χ0) is 14.9. The lowest BCUT2D eigenvalue weighted by atomic mass is 10.1. The van der Waals surface area contributed by atoms with Gasteiger partial charge in [-0.3, -0.25) is 0 Å². The second kappa shape index (κ2) is 5.50. The monoisotopic (exact) mass is 338 g/mol. The first-order valence-electron chi connectivity index (χ1n) is 5.74. The topological polar surface area (TPSA) is 75.3 Å². The maximum Gasteiger partial charge on any atom is 0.340 e. The van der Waals surface area contributed by atoms with E-state index in [4.69, 9.17) is 10.8 Å². The number of anilines is 3. The van der Waals surface area contributed by atoms with Gasteiger partial charge in [0.2, 0.25) is 0 Å². The molecule has 0 saturated heterocycles. The Morgan fingerprint density at radius 3 is 2.65 bits per heavy atom. The Morgan fingerprint density at radius 1 is 1.35 bits per heavy atom. The molecule has 0 saturated carbocycles. The molecular weight excluding hydrogens is 327 g/mol. The number of hydrogen-bond donors (Lipinski definition) is 3. The van der Waals surface area contributed by atoms with Gasteiger partial charge >= 0.3 is 5.97 Å². The van der Waals surface area contributed by atoms with Crippen LogP contribution in [0.5, 0.6) is 0 Å². The van der Waals surface area contributed by atoms with E-state index in [2.05, 4.69) is 21.2 Å². The van der Waals surface area contributed by atoms with Gasteiger partial charge < -0.3 is 16.2 Å². The first kappa shape index (κ1) is 14.3. The second-order valence-electron chi connectivity index (χ2n) is 4.28. The molecule has 104 valence electrons. The van der Waals surface area contributed by atoms with Crippen LogP contribution in [0.3, 0.4) is 0 Å². The number of nitrogen functional groups attached to an aromatic ring is 1. The zero-order valence-corrected chi connectivity index (χ0v) is 12.2.